The van der Waals surface area contributed by atoms with E-state index in [9.17, 15) is 5.11 Å². The molecule has 12 heteroatoms. The monoisotopic (exact) mass is 885 g/mol. The number of epoxide rings is 1. The Kier molecular flexibility index (Phi) is 12.9. The highest BCUT2D eigenvalue weighted by Crippen LogP contribution is 2.60. The van der Waals surface area contributed by atoms with Gasteiger partial charge in [-0.1, -0.05) is 68.7 Å². The van der Waals surface area contributed by atoms with E-state index in [0.717, 1.165) is 86.9 Å². The van der Waals surface area contributed by atoms with E-state index < -0.39 is 28.7 Å². The zero-order chi connectivity index (χ0) is 45.5. The Bertz CT molecular complexity index is 2360. The number of ether oxygens (including phenoxy) is 2. The topological polar surface area (TPSA) is 181 Å². The molecule has 1 saturated heterocycles. The first-order chi connectivity index (χ1) is 31.4. The maximum absolute atomic E-state index is 15.5. The average Bonchev–Trinajstić information content (AvgIpc) is 4.01. The van der Waals surface area contributed by atoms with Gasteiger partial charge in [0.1, 0.15) is 11.6 Å². The zero-order valence-corrected chi connectivity index (χ0v) is 38.7. The van der Waals surface area contributed by atoms with Crippen LogP contribution in [0.3, 0.4) is 0 Å². The highest BCUT2D eigenvalue weighted by Gasteiger charge is 2.86. The van der Waals surface area contributed by atoms with Crippen LogP contribution in [0.5, 0.6) is 0 Å². The molecule has 9 unspecified atom stereocenters. The first-order valence-electron chi connectivity index (χ1n) is 24.3. The quantitative estimate of drug-likeness (QED) is 0.0563. The van der Waals surface area contributed by atoms with Crippen LogP contribution in [-0.2, 0) is 40.0 Å². The summed E-state index contributed by atoms with van der Waals surface area (Å²) in [4.78, 5) is 54.8. The Balaban J connectivity index is 1.08. The number of carbonyl (C=O) groups is 3. The van der Waals surface area contributed by atoms with Gasteiger partial charge < -0.3 is 36.3 Å². The molecule has 9 atom stereocenters. The van der Waals surface area contributed by atoms with Crippen LogP contribution in [0.15, 0.2) is 72.1 Å². The molecule has 2 fully saturated rings. The van der Waals surface area contributed by atoms with Crippen molar-refractivity contribution in [1.82, 2.24) is 20.6 Å². The summed E-state index contributed by atoms with van der Waals surface area (Å²) in [5.74, 6) is 1.11. The molecule has 3 aliphatic heterocycles. The number of allylic oxidation sites excluding steroid dienone is 3. The van der Waals surface area contributed by atoms with Gasteiger partial charge in [0.25, 0.3) is 5.60 Å². The normalized spacial score (nSPS) is 32.3. The second kappa shape index (κ2) is 18.5. The van der Waals surface area contributed by atoms with E-state index in [4.69, 9.17) is 15.2 Å². The van der Waals surface area contributed by atoms with Gasteiger partial charge in [0, 0.05) is 41.9 Å². The minimum atomic E-state index is -2.17. The van der Waals surface area contributed by atoms with Crippen molar-refractivity contribution in [3.05, 3.63) is 105 Å². The number of aryl methyl sites for hydroxylation is 1. The van der Waals surface area contributed by atoms with Crippen LogP contribution in [0.4, 0.5) is 11.6 Å². The van der Waals surface area contributed by atoms with E-state index in [1.54, 1.807) is 6.07 Å². The van der Waals surface area contributed by atoms with Crippen molar-refractivity contribution in [3.63, 3.8) is 0 Å². The van der Waals surface area contributed by atoms with Gasteiger partial charge in [0.15, 0.2) is 11.4 Å². The summed E-state index contributed by atoms with van der Waals surface area (Å²) < 4.78 is 12.9. The van der Waals surface area contributed by atoms with E-state index in [2.05, 4.69) is 51.9 Å². The number of aliphatic hydroxyl groups excluding tert-OH is 1. The minimum Gasteiger partial charge on any atom is -0.463 e. The molecule has 346 valence electrons. The van der Waals surface area contributed by atoms with Gasteiger partial charge in [-0.15, -0.1) is 0 Å². The van der Waals surface area contributed by atoms with Gasteiger partial charge >= 0.3 is 5.97 Å². The van der Waals surface area contributed by atoms with Gasteiger partial charge in [-0.3, -0.25) is 9.59 Å². The van der Waals surface area contributed by atoms with Crippen LogP contribution in [0.25, 0.3) is 0 Å². The molecule has 3 aromatic rings. The molecule has 12 nitrogen and oxygen atoms in total. The molecule has 5 heterocycles. The summed E-state index contributed by atoms with van der Waals surface area (Å²) in [6.07, 6.45) is 19.9. The third-order valence-corrected chi connectivity index (χ3v) is 16.2. The highest BCUT2D eigenvalue weighted by atomic mass is 16.7. The number of nitrogens with two attached hydrogens (primary N) is 1. The fourth-order valence-corrected chi connectivity index (χ4v) is 12.6. The summed E-state index contributed by atoms with van der Waals surface area (Å²) in [6.45, 7) is 6.90. The van der Waals surface area contributed by atoms with Crippen LogP contribution < -0.4 is 21.7 Å². The average molecular weight is 885 g/mol. The molecule has 4 bridgehead atoms. The number of aliphatic hydroxyl groups is 1. The lowest BCUT2D eigenvalue weighted by Crippen LogP contribution is -2.52. The second-order valence-electron chi connectivity index (χ2n) is 20.4. The van der Waals surface area contributed by atoms with Crippen molar-refractivity contribution >= 4 is 29.2 Å². The Labute approximate surface area is 384 Å². The van der Waals surface area contributed by atoms with E-state index >= 15 is 14.4 Å². The number of ketones is 2. The highest BCUT2D eigenvalue weighted by molar-refractivity contribution is 6.33. The van der Waals surface area contributed by atoms with Gasteiger partial charge in [-0.2, -0.15) is 0 Å². The molecule has 1 spiro atoms. The summed E-state index contributed by atoms with van der Waals surface area (Å²) in [6, 6.07) is 11.5. The van der Waals surface area contributed by atoms with E-state index in [1.165, 1.54) is 11.1 Å². The number of Topliss-reactive ketones (excluding diaryl/α,β-unsaturated/α-hetero) is 2. The Morgan fingerprint density at radius 3 is 2.69 bits per heavy atom. The molecule has 1 saturated carbocycles. The van der Waals surface area contributed by atoms with Crippen LogP contribution in [0.1, 0.15) is 128 Å². The van der Waals surface area contributed by atoms with Gasteiger partial charge in [-0.25, -0.2) is 14.8 Å². The molecule has 9 rings (SSSR count). The number of cyclic esters (lactones) is 1. The number of anilines is 2. The predicted octanol–water partition coefficient (Wildman–Crippen LogP) is 7.29. The number of hydrogen-bond donors (Lipinski definition) is 5. The van der Waals surface area contributed by atoms with E-state index in [1.807, 2.05) is 56.7 Å². The summed E-state index contributed by atoms with van der Waals surface area (Å²) >= 11 is 0. The number of rotatable bonds is 11. The minimum absolute atomic E-state index is 0.0387. The number of carbonyl (C=O) groups excluding carboxylic acids is 3. The van der Waals surface area contributed by atoms with Crippen molar-refractivity contribution in [2.24, 2.45) is 29.1 Å². The second-order valence-corrected chi connectivity index (χ2v) is 20.4. The third kappa shape index (κ3) is 8.49. The summed E-state index contributed by atoms with van der Waals surface area (Å²) in [5.41, 5.74) is 7.80. The molecule has 65 heavy (non-hydrogen) atoms. The van der Waals surface area contributed by atoms with Crippen LogP contribution in [0, 0.1) is 29.1 Å². The molecular weight excluding hydrogens is 817 g/mol. The number of nitrogen functional groups attached to an aromatic ring is 1. The lowest BCUT2D eigenvalue weighted by molar-refractivity contribution is -0.150. The lowest BCUT2D eigenvalue weighted by Gasteiger charge is -2.45. The third-order valence-electron chi connectivity index (χ3n) is 16.2. The molecule has 3 aliphatic carbocycles. The Morgan fingerprint density at radius 1 is 1.05 bits per heavy atom. The standard InChI is InChI=1S/C53H68N6O6/c1-5-56-43-25-36-12-8-11-34-10-6-7-22-51(3,26-33-16-19-44(54)58-29-33)27-37-13-9-14-41-46(37)48(62)53(50(63)64-31-38(43)24-42(34)36)52(65-53,47(41)61)28-39(30-60)32(2)15-17-35-21-23-57-49-40(35)18-20-45(55-4)59-49/h8-9,12-14,16,19,21,23,29,34,36,38,42-43,45,55-56,60H,5-7,10-11,15,17-18,20,22,24-28,30-31H2,1-4H3,(H2,54,58)(H,57,59). The Morgan fingerprint density at radius 2 is 1.91 bits per heavy atom. The van der Waals surface area contributed by atoms with E-state index in [0.29, 0.717) is 54.8 Å². The number of aromatic nitrogens is 2. The molecule has 0 radical (unpaired) electrons. The number of nitrogens with zero attached hydrogens (tertiary/aromatic N) is 2. The molecule has 2 aromatic heterocycles. The number of hydrogen-bond acceptors (Lipinski definition) is 12. The number of fused-ring (bicyclic) bond motifs is 2. The van der Waals surface area contributed by atoms with Crippen molar-refractivity contribution in [1.29, 1.82) is 0 Å². The SMILES string of the molecule is CCNC1CC2C=CCC3CCCCC(C)(Cc4ccc(N)nc4)Cc4cccc5c4C(=O)C4(OC4(CC(CO)=C(C)CCc4ccnc6c4CCC(NC)N6)C5=O)C(=O)OCC1CC23. The number of nitrogens with one attached hydrogen (secondary N) is 3. The predicted molar refractivity (Wildman–Crippen MR) is 251 cm³/mol. The summed E-state index contributed by atoms with van der Waals surface area (Å²) in [7, 11) is 1.94. The van der Waals surface area contributed by atoms with Crippen LogP contribution in [-0.4, -0.2) is 82.8 Å². The smallest absolute Gasteiger partial charge is 0.350 e. The zero-order valence-electron chi connectivity index (χ0n) is 38.7. The number of esters is 1. The van der Waals surface area contributed by atoms with Crippen LogP contribution in [0.2, 0.25) is 0 Å². The molecule has 0 amide bonds. The van der Waals surface area contributed by atoms with Gasteiger partial charge in [0.05, 0.1) is 19.4 Å². The van der Waals surface area contributed by atoms with Gasteiger partial charge in [-0.05, 0) is 154 Å². The molecule has 6 aliphatic rings. The maximum atomic E-state index is 15.5. The van der Waals surface area contributed by atoms with Crippen molar-refractivity contribution in [3.8, 4) is 0 Å². The first-order valence-corrected chi connectivity index (χ1v) is 24.3. The Hall–Kier alpha value is -4.75. The fraction of sp³-hybridized carbons (Fsp3) is 0.566. The molecule has 6 N–H and O–H groups in total. The molecule has 1 aromatic carbocycles. The van der Waals surface area contributed by atoms with Crippen molar-refractivity contribution in [2.45, 2.75) is 134 Å². The first kappa shape index (κ1) is 45.4. The number of benzene rings is 1. The van der Waals surface area contributed by atoms with Gasteiger partial charge in [0.2, 0.25) is 5.78 Å². The van der Waals surface area contributed by atoms with Crippen molar-refractivity contribution in [2.75, 3.05) is 37.9 Å². The maximum Gasteiger partial charge on any atom is 0.350 e. The number of pyridine rings is 2. The fourth-order valence-electron chi connectivity index (χ4n) is 12.6. The van der Waals surface area contributed by atoms with Crippen LogP contribution >= 0.6 is 0 Å². The largest absolute Gasteiger partial charge is 0.463 e. The van der Waals surface area contributed by atoms with E-state index in [-0.39, 0.29) is 54.3 Å². The lowest BCUT2D eigenvalue weighted by atomic mass is 9.63. The summed E-state index contributed by atoms with van der Waals surface area (Å²) in [5, 5.41) is 21.5. The molecular formula is C53H68N6O6. The van der Waals surface area contributed by atoms with Crippen molar-refractivity contribution < 1.29 is 29.0 Å².